The summed E-state index contributed by atoms with van der Waals surface area (Å²) in [5, 5.41) is 6.14. The van der Waals surface area contributed by atoms with Crippen molar-refractivity contribution >= 4 is 45.9 Å². The first-order valence-electron chi connectivity index (χ1n) is 10.5. The quantitative estimate of drug-likeness (QED) is 0.384. The molecule has 6 nitrogen and oxygen atoms in total. The van der Waals surface area contributed by atoms with Crippen molar-refractivity contribution in [3.05, 3.63) is 77.3 Å². The van der Waals surface area contributed by atoms with Gasteiger partial charge in [-0.1, -0.05) is 24.3 Å². The molecule has 1 aliphatic rings. The summed E-state index contributed by atoms with van der Waals surface area (Å²) in [6.07, 6.45) is 2.89. The molecule has 0 aliphatic carbocycles. The van der Waals surface area contributed by atoms with Gasteiger partial charge in [-0.05, 0) is 42.5 Å². The number of hydrogen-bond donors (Lipinski definition) is 1. The maximum absolute atomic E-state index is 13.2. The molecule has 0 radical (unpaired) electrons. The number of carbonyl (C=O) groups excluding carboxylic acids is 2. The van der Waals surface area contributed by atoms with Crippen molar-refractivity contribution in [1.82, 2.24) is 10.2 Å². The van der Waals surface area contributed by atoms with E-state index < -0.39 is 0 Å². The third-order valence-corrected chi connectivity index (χ3v) is 7.77. The molecule has 8 heteroatoms. The zero-order valence-corrected chi connectivity index (χ0v) is 18.9. The average Bonchev–Trinajstić information content (AvgIpc) is 3.59. The van der Waals surface area contributed by atoms with Crippen LogP contribution in [0.2, 0.25) is 0 Å². The van der Waals surface area contributed by atoms with Gasteiger partial charge in [0.15, 0.2) is 11.5 Å². The maximum Gasteiger partial charge on any atom is 0.289 e. The lowest BCUT2D eigenvalue weighted by molar-refractivity contribution is 0.0665. The van der Waals surface area contributed by atoms with E-state index in [-0.39, 0.29) is 17.9 Å². The monoisotopic (exact) mass is 466 g/mol. The van der Waals surface area contributed by atoms with Crippen molar-refractivity contribution < 1.29 is 18.4 Å². The molecule has 5 rings (SSSR count). The molecule has 164 valence electrons. The van der Waals surface area contributed by atoms with Gasteiger partial charge in [-0.25, -0.2) is 0 Å². The highest BCUT2D eigenvalue weighted by Gasteiger charge is 2.28. The van der Waals surface area contributed by atoms with Crippen LogP contribution in [0.1, 0.15) is 39.5 Å². The number of nitrogens with one attached hydrogen (secondary N) is 1. The van der Waals surface area contributed by atoms with Gasteiger partial charge in [-0.2, -0.15) is 0 Å². The van der Waals surface area contributed by atoms with Gasteiger partial charge in [0.2, 0.25) is 0 Å². The summed E-state index contributed by atoms with van der Waals surface area (Å²) in [5.41, 5.74) is 1.64. The molecule has 1 saturated heterocycles. The number of amides is 2. The van der Waals surface area contributed by atoms with Crippen LogP contribution in [-0.2, 0) is 5.75 Å². The summed E-state index contributed by atoms with van der Waals surface area (Å²) in [6, 6.07) is 15.2. The smallest absolute Gasteiger partial charge is 0.289 e. The Morgan fingerprint density at radius 3 is 2.69 bits per heavy atom. The van der Waals surface area contributed by atoms with E-state index in [2.05, 4.69) is 11.4 Å². The molecule has 4 heterocycles. The highest BCUT2D eigenvalue weighted by Crippen LogP contribution is 2.34. The molecular weight excluding hydrogens is 444 g/mol. The Labute approximate surface area is 193 Å². The van der Waals surface area contributed by atoms with Crippen LogP contribution in [-0.4, -0.2) is 35.8 Å². The van der Waals surface area contributed by atoms with Gasteiger partial charge in [0.05, 0.1) is 10.5 Å². The van der Waals surface area contributed by atoms with Gasteiger partial charge in [-0.15, -0.1) is 23.1 Å². The number of hydrogen-bond acceptors (Lipinski definition) is 6. The Morgan fingerprint density at radius 1 is 1.09 bits per heavy atom. The summed E-state index contributed by atoms with van der Waals surface area (Å²) in [6.45, 7) is 1.15. The predicted molar refractivity (Wildman–Crippen MR) is 125 cm³/mol. The molecule has 0 unspecified atom stereocenters. The molecule has 1 aromatic carbocycles. The van der Waals surface area contributed by atoms with E-state index in [1.807, 2.05) is 35.7 Å². The molecule has 0 bridgehead atoms. The summed E-state index contributed by atoms with van der Waals surface area (Å²) in [5.74, 6) is 1.09. The van der Waals surface area contributed by atoms with Crippen LogP contribution in [0.5, 0.6) is 0 Å². The van der Waals surface area contributed by atoms with Crippen LogP contribution in [0.3, 0.4) is 0 Å². The van der Waals surface area contributed by atoms with Crippen molar-refractivity contribution in [3.63, 3.8) is 0 Å². The lowest BCUT2D eigenvalue weighted by Gasteiger charge is -2.31. The lowest BCUT2D eigenvalue weighted by atomic mass is 10.0. The van der Waals surface area contributed by atoms with Crippen molar-refractivity contribution in [2.24, 2.45) is 0 Å². The number of likely N-dealkylation sites (tertiary alicyclic amines) is 1. The summed E-state index contributed by atoms with van der Waals surface area (Å²) in [4.78, 5) is 27.4. The van der Waals surface area contributed by atoms with Crippen LogP contribution in [0.15, 0.2) is 73.2 Å². The summed E-state index contributed by atoms with van der Waals surface area (Å²) < 4.78 is 12.4. The second-order valence-electron chi connectivity index (χ2n) is 7.64. The fraction of sp³-hybridized carbons (Fsp3) is 0.250. The van der Waals surface area contributed by atoms with Crippen LogP contribution >= 0.6 is 23.1 Å². The third-order valence-electron chi connectivity index (χ3n) is 5.61. The number of thioether (sulfide) groups is 1. The number of piperidine rings is 1. The normalized spacial score (nSPS) is 14.7. The first kappa shape index (κ1) is 20.9. The largest absolute Gasteiger partial charge is 0.459 e. The molecule has 4 aromatic rings. The van der Waals surface area contributed by atoms with Crippen molar-refractivity contribution in [2.75, 3.05) is 13.1 Å². The number of thiophene rings is 1. The molecule has 32 heavy (non-hydrogen) atoms. The molecule has 1 fully saturated rings. The highest BCUT2D eigenvalue weighted by molar-refractivity contribution is 8.00. The first-order valence-corrected chi connectivity index (χ1v) is 12.4. The third kappa shape index (κ3) is 4.33. The second-order valence-corrected chi connectivity index (χ2v) is 9.87. The van der Waals surface area contributed by atoms with Crippen LogP contribution < -0.4 is 5.32 Å². The summed E-state index contributed by atoms with van der Waals surface area (Å²) >= 11 is 3.39. The minimum absolute atomic E-state index is 0.00541. The molecule has 3 aromatic heterocycles. The zero-order valence-electron chi connectivity index (χ0n) is 17.3. The standard InChI is InChI=1S/C24H22N2O4S2/c27-23(25-16-9-11-26(12-10-16)24(28)20-7-3-13-29-20)22-18(15-32-21-8-4-14-31-21)17-5-1-2-6-19(17)30-22/h1-8,13-14,16H,9-12,15H2,(H,25,27). The second kappa shape index (κ2) is 9.26. The van der Waals surface area contributed by atoms with E-state index >= 15 is 0 Å². The number of nitrogens with zero attached hydrogens (tertiary/aromatic N) is 1. The number of rotatable bonds is 6. The van der Waals surface area contributed by atoms with Crippen LogP contribution in [0.4, 0.5) is 0 Å². The van der Waals surface area contributed by atoms with Crippen molar-refractivity contribution in [2.45, 2.75) is 28.8 Å². The lowest BCUT2D eigenvalue weighted by Crippen LogP contribution is -2.46. The fourth-order valence-electron chi connectivity index (χ4n) is 3.95. The van der Waals surface area contributed by atoms with Crippen molar-refractivity contribution in [1.29, 1.82) is 0 Å². The van der Waals surface area contributed by atoms with Gasteiger partial charge < -0.3 is 19.1 Å². The molecule has 0 spiro atoms. The van der Waals surface area contributed by atoms with E-state index in [1.54, 1.807) is 40.1 Å². The Morgan fingerprint density at radius 2 is 1.94 bits per heavy atom. The minimum atomic E-state index is -0.196. The predicted octanol–water partition coefficient (Wildman–Crippen LogP) is 5.41. The minimum Gasteiger partial charge on any atom is -0.459 e. The number of carbonyl (C=O) groups is 2. The number of fused-ring (bicyclic) bond motifs is 1. The Bertz CT molecular complexity index is 1210. The summed E-state index contributed by atoms with van der Waals surface area (Å²) in [7, 11) is 0. The van der Waals surface area contributed by atoms with Gasteiger partial charge in [0.25, 0.3) is 11.8 Å². The Balaban J connectivity index is 1.27. The van der Waals surface area contributed by atoms with E-state index in [4.69, 9.17) is 8.83 Å². The molecule has 1 aliphatic heterocycles. The van der Waals surface area contributed by atoms with E-state index in [9.17, 15) is 9.59 Å². The Hall–Kier alpha value is -2.97. The van der Waals surface area contributed by atoms with Crippen LogP contribution in [0.25, 0.3) is 11.0 Å². The average molecular weight is 467 g/mol. The van der Waals surface area contributed by atoms with Gasteiger partial charge in [0.1, 0.15) is 5.58 Å². The maximum atomic E-state index is 13.2. The van der Waals surface area contributed by atoms with Gasteiger partial charge >= 0.3 is 0 Å². The fourth-order valence-corrected chi connectivity index (χ4v) is 5.76. The van der Waals surface area contributed by atoms with Gasteiger partial charge in [0, 0.05) is 35.8 Å². The number of furan rings is 2. The van der Waals surface area contributed by atoms with E-state index in [0.29, 0.717) is 43.2 Å². The molecule has 0 atom stereocenters. The zero-order chi connectivity index (χ0) is 21.9. The number of benzene rings is 1. The molecule has 0 saturated carbocycles. The van der Waals surface area contributed by atoms with Crippen molar-refractivity contribution in [3.8, 4) is 0 Å². The Kier molecular flexibility index (Phi) is 6.05. The van der Waals surface area contributed by atoms with Crippen LogP contribution in [0, 0.1) is 0 Å². The molecular formula is C24H22N2O4S2. The topological polar surface area (TPSA) is 75.7 Å². The first-order chi connectivity index (χ1) is 15.7. The highest BCUT2D eigenvalue weighted by atomic mass is 32.2. The molecule has 1 N–H and O–H groups in total. The molecule has 2 amide bonds. The SMILES string of the molecule is O=C(NC1CCN(C(=O)c2ccco2)CC1)c1oc2ccccc2c1CSc1cccs1. The number of para-hydroxylation sites is 1. The van der Waals surface area contributed by atoms with E-state index in [1.165, 1.54) is 10.5 Å². The van der Waals surface area contributed by atoms with E-state index in [0.717, 1.165) is 16.5 Å². The van der Waals surface area contributed by atoms with Gasteiger partial charge in [-0.3, -0.25) is 9.59 Å².